The van der Waals surface area contributed by atoms with E-state index >= 15 is 0 Å². The van der Waals surface area contributed by atoms with Gasteiger partial charge in [0.05, 0.1) is 6.57 Å². The van der Waals surface area contributed by atoms with Gasteiger partial charge in [0.2, 0.25) is 0 Å². The average molecular weight is 178 g/mol. The molecule has 0 aromatic heterocycles. The minimum Gasteiger partial charge on any atom is -0.384 e. The summed E-state index contributed by atoms with van der Waals surface area (Å²) in [7, 11) is 0. The van der Waals surface area contributed by atoms with Gasteiger partial charge in [-0.15, -0.1) is 0 Å². The largest absolute Gasteiger partial charge is 0.384 e. The summed E-state index contributed by atoms with van der Waals surface area (Å²) in [5.41, 5.74) is 0.976. The molecule has 0 bridgehead atoms. The van der Waals surface area contributed by atoms with Crippen molar-refractivity contribution in [2.75, 3.05) is 5.32 Å². The van der Waals surface area contributed by atoms with Crippen molar-refractivity contribution in [3.63, 3.8) is 0 Å². The minimum atomic E-state index is -0.378. The highest BCUT2D eigenvalue weighted by atomic mass is 19.1. The van der Waals surface area contributed by atoms with Crippen molar-refractivity contribution in [2.24, 2.45) is 0 Å². The molecule has 1 rings (SSSR count). The molecule has 1 N–H and O–H groups in total. The van der Waals surface area contributed by atoms with Crippen LogP contribution >= 0.6 is 0 Å². The third-order valence-corrected chi connectivity index (χ3v) is 1.47. The highest BCUT2D eigenvalue weighted by Crippen LogP contribution is 2.20. The van der Waals surface area contributed by atoms with Crippen LogP contribution in [0.2, 0.25) is 0 Å². The summed E-state index contributed by atoms with van der Waals surface area (Å²) in [5, 5.41) is 3.04. The fourth-order valence-corrected chi connectivity index (χ4v) is 1.06. The van der Waals surface area contributed by atoms with E-state index in [1.165, 1.54) is 12.1 Å². The summed E-state index contributed by atoms with van der Waals surface area (Å²) in [6.45, 7) is 10.7. The summed E-state index contributed by atoms with van der Waals surface area (Å²) in [5.74, 6) is -0.378. The lowest BCUT2D eigenvalue weighted by atomic mass is 10.2. The number of nitrogens with zero attached hydrogens (tertiary/aromatic N) is 1. The first-order valence-electron chi connectivity index (χ1n) is 4.06. The van der Waals surface area contributed by atoms with Crippen LogP contribution in [0.1, 0.15) is 13.8 Å². The zero-order chi connectivity index (χ0) is 9.84. The molecule has 2 nitrogen and oxygen atoms in total. The Hall–Kier alpha value is -1.56. The van der Waals surface area contributed by atoms with Crippen LogP contribution in [0.3, 0.4) is 0 Å². The van der Waals surface area contributed by atoms with E-state index in [0.717, 1.165) is 0 Å². The van der Waals surface area contributed by atoms with Crippen LogP contribution < -0.4 is 5.32 Å². The van der Waals surface area contributed by atoms with Crippen LogP contribution in [0.15, 0.2) is 18.2 Å². The first-order valence-corrected chi connectivity index (χ1v) is 4.06. The first kappa shape index (κ1) is 9.53. The molecule has 68 valence electrons. The Bertz CT molecular complexity index is 339. The molecule has 0 unspecified atom stereocenters. The van der Waals surface area contributed by atoms with E-state index < -0.39 is 0 Å². The summed E-state index contributed by atoms with van der Waals surface area (Å²) in [6.07, 6.45) is 0. The van der Waals surface area contributed by atoms with Gasteiger partial charge in [0.15, 0.2) is 5.69 Å². The summed E-state index contributed by atoms with van der Waals surface area (Å²) < 4.78 is 12.9. The topological polar surface area (TPSA) is 16.4 Å². The number of anilines is 1. The van der Waals surface area contributed by atoms with E-state index in [-0.39, 0.29) is 11.9 Å². The molecular formula is C10H11FN2. The van der Waals surface area contributed by atoms with Crippen molar-refractivity contribution in [3.05, 3.63) is 35.4 Å². The SMILES string of the molecule is [C-]#[N+]c1cc(F)cc(NC(C)C)c1. The third kappa shape index (κ3) is 2.75. The second-order valence-corrected chi connectivity index (χ2v) is 3.11. The van der Waals surface area contributed by atoms with Crippen molar-refractivity contribution in [1.29, 1.82) is 0 Å². The zero-order valence-electron chi connectivity index (χ0n) is 7.63. The number of rotatable bonds is 2. The molecule has 0 aliphatic carbocycles. The van der Waals surface area contributed by atoms with E-state index in [1.807, 2.05) is 13.8 Å². The second kappa shape index (κ2) is 3.90. The van der Waals surface area contributed by atoms with Crippen LogP contribution in [0.5, 0.6) is 0 Å². The van der Waals surface area contributed by atoms with Gasteiger partial charge in [-0.3, -0.25) is 0 Å². The number of halogens is 1. The Labute approximate surface area is 77.2 Å². The highest BCUT2D eigenvalue weighted by molar-refractivity contribution is 5.57. The first-order chi connectivity index (χ1) is 6.11. The molecule has 0 amide bonds. The van der Waals surface area contributed by atoms with Crippen LogP contribution in [0.4, 0.5) is 15.8 Å². The Morgan fingerprint density at radius 2 is 2.08 bits per heavy atom. The number of benzene rings is 1. The Balaban J connectivity index is 2.96. The van der Waals surface area contributed by atoms with Crippen LogP contribution in [0, 0.1) is 12.4 Å². The van der Waals surface area contributed by atoms with E-state index in [2.05, 4.69) is 10.2 Å². The molecule has 0 spiro atoms. The van der Waals surface area contributed by atoms with E-state index in [9.17, 15) is 4.39 Å². The molecule has 1 aromatic rings. The van der Waals surface area contributed by atoms with Crippen molar-refractivity contribution >= 4 is 11.4 Å². The molecule has 3 heteroatoms. The molecule has 0 aliphatic rings. The predicted octanol–water partition coefficient (Wildman–Crippen LogP) is 3.20. The quantitative estimate of drug-likeness (QED) is 0.688. The lowest BCUT2D eigenvalue weighted by Gasteiger charge is -2.09. The van der Waals surface area contributed by atoms with Crippen LogP contribution in [-0.2, 0) is 0 Å². The molecule has 1 aromatic carbocycles. The van der Waals surface area contributed by atoms with Gasteiger partial charge in [0.1, 0.15) is 5.82 Å². The fraction of sp³-hybridized carbons (Fsp3) is 0.300. The zero-order valence-corrected chi connectivity index (χ0v) is 7.63. The highest BCUT2D eigenvalue weighted by Gasteiger charge is 2.00. The van der Waals surface area contributed by atoms with Gasteiger partial charge in [-0.05, 0) is 32.0 Å². The predicted molar refractivity (Wildman–Crippen MR) is 51.4 cm³/mol. The van der Waals surface area contributed by atoms with E-state index in [0.29, 0.717) is 11.4 Å². The summed E-state index contributed by atoms with van der Waals surface area (Å²) >= 11 is 0. The maximum absolute atomic E-state index is 12.9. The van der Waals surface area contributed by atoms with Gasteiger partial charge in [-0.25, -0.2) is 9.24 Å². The molecule has 0 saturated heterocycles. The van der Waals surface area contributed by atoms with Gasteiger partial charge in [-0.1, -0.05) is 0 Å². The van der Waals surface area contributed by atoms with Crippen molar-refractivity contribution in [3.8, 4) is 0 Å². The van der Waals surface area contributed by atoms with Crippen molar-refractivity contribution in [1.82, 2.24) is 0 Å². The number of hydrogen-bond donors (Lipinski definition) is 1. The van der Waals surface area contributed by atoms with Crippen LogP contribution in [0.25, 0.3) is 4.85 Å². The lowest BCUT2D eigenvalue weighted by Crippen LogP contribution is -2.09. The maximum Gasteiger partial charge on any atom is 0.192 e. The van der Waals surface area contributed by atoms with Gasteiger partial charge in [0.25, 0.3) is 0 Å². The Morgan fingerprint density at radius 3 is 2.62 bits per heavy atom. The molecule has 0 radical (unpaired) electrons. The Morgan fingerprint density at radius 1 is 1.38 bits per heavy atom. The number of nitrogens with one attached hydrogen (secondary N) is 1. The third-order valence-electron chi connectivity index (χ3n) is 1.47. The van der Waals surface area contributed by atoms with Crippen molar-refractivity contribution < 1.29 is 4.39 Å². The van der Waals surface area contributed by atoms with Gasteiger partial charge in [-0.2, -0.15) is 0 Å². The molecule has 0 aliphatic heterocycles. The van der Waals surface area contributed by atoms with Gasteiger partial charge >= 0.3 is 0 Å². The normalized spacial score (nSPS) is 9.77. The second-order valence-electron chi connectivity index (χ2n) is 3.11. The smallest absolute Gasteiger partial charge is 0.192 e. The van der Waals surface area contributed by atoms with Gasteiger partial charge in [0, 0.05) is 11.7 Å². The molecular weight excluding hydrogens is 167 g/mol. The number of hydrogen-bond acceptors (Lipinski definition) is 1. The van der Waals surface area contributed by atoms with E-state index in [1.54, 1.807) is 6.07 Å². The molecule has 0 saturated carbocycles. The molecule has 0 atom stereocenters. The fourth-order valence-electron chi connectivity index (χ4n) is 1.06. The molecule has 13 heavy (non-hydrogen) atoms. The summed E-state index contributed by atoms with van der Waals surface area (Å²) in [6, 6.07) is 4.48. The monoisotopic (exact) mass is 178 g/mol. The molecule has 0 fully saturated rings. The minimum absolute atomic E-state index is 0.236. The standard InChI is InChI=1S/C10H11FN2/c1-7(2)13-10-5-8(11)4-9(6-10)12-3/h4-7,13H,1-2H3. The summed E-state index contributed by atoms with van der Waals surface area (Å²) in [4.78, 5) is 3.17. The Kier molecular flexibility index (Phi) is 2.86. The lowest BCUT2D eigenvalue weighted by molar-refractivity contribution is 0.629. The van der Waals surface area contributed by atoms with Crippen LogP contribution in [-0.4, -0.2) is 6.04 Å². The van der Waals surface area contributed by atoms with Gasteiger partial charge < -0.3 is 5.32 Å². The maximum atomic E-state index is 12.9. The van der Waals surface area contributed by atoms with Crippen molar-refractivity contribution in [2.45, 2.75) is 19.9 Å². The van der Waals surface area contributed by atoms with E-state index in [4.69, 9.17) is 6.57 Å². The molecule has 0 heterocycles. The average Bonchev–Trinajstić information content (AvgIpc) is 2.01.